The van der Waals surface area contributed by atoms with E-state index in [1.165, 1.54) is 76.5 Å². The van der Waals surface area contributed by atoms with Crippen LogP contribution in [-0.4, -0.2) is 4.57 Å². The van der Waals surface area contributed by atoms with E-state index in [0.29, 0.717) is 5.92 Å². The summed E-state index contributed by atoms with van der Waals surface area (Å²) < 4.78 is 2.49. The highest BCUT2D eigenvalue weighted by Crippen LogP contribution is 2.49. The first-order chi connectivity index (χ1) is 19.9. The Morgan fingerprint density at radius 1 is 0.425 bits per heavy atom. The first-order valence-electron chi connectivity index (χ1n) is 14.0. The maximum absolute atomic E-state index is 2.49. The molecule has 0 aliphatic heterocycles. The largest absolute Gasteiger partial charge is 0.309 e. The van der Waals surface area contributed by atoms with E-state index in [0.717, 1.165) is 0 Å². The third-order valence-electron chi connectivity index (χ3n) is 8.73. The predicted molar refractivity (Wildman–Crippen MR) is 170 cm³/mol. The molecule has 0 bridgehead atoms. The van der Waals surface area contributed by atoms with Crippen LogP contribution in [0.2, 0.25) is 0 Å². The average molecular weight is 508 g/mol. The van der Waals surface area contributed by atoms with Crippen LogP contribution in [0.25, 0.3) is 65.4 Å². The van der Waals surface area contributed by atoms with E-state index < -0.39 is 0 Å². The molecule has 0 fully saturated rings. The van der Waals surface area contributed by atoms with E-state index in [4.69, 9.17) is 0 Å². The molecular weight excluding hydrogens is 482 g/mol. The first-order valence-corrected chi connectivity index (χ1v) is 14.0. The zero-order valence-electron chi connectivity index (χ0n) is 21.9. The van der Waals surface area contributed by atoms with Crippen molar-refractivity contribution >= 4 is 59.7 Å². The van der Waals surface area contributed by atoms with Gasteiger partial charge in [0.25, 0.3) is 0 Å². The zero-order chi connectivity index (χ0) is 26.2. The lowest BCUT2D eigenvalue weighted by molar-refractivity contribution is 1.20. The topological polar surface area (TPSA) is 4.93 Å². The summed E-state index contributed by atoms with van der Waals surface area (Å²) in [6, 6.07) is 51.1. The molecule has 0 saturated heterocycles. The number of rotatable bonds is 3. The molecule has 186 valence electrons. The molecule has 9 rings (SSSR count). The van der Waals surface area contributed by atoms with Crippen LogP contribution < -0.4 is 0 Å². The minimum Gasteiger partial charge on any atom is -0.309 e. The average Bonchev–Trinajstić information content (AvgIpc) is 3.75. The molecule has 1 aliphatic rings. The van der Waals surface area contributed by atoms with Gasteiger partial charge in [-0.05, 0) is 61.8 Å². The number of nitrogens with zero attached hydrogens (tertiary/aromatic N) is 1. The van der Waals surface area contributed by atoms with Crippen molar-refractivity contribution in [3.63, 3.8) is 0 Å². The fourth-order valence-corrected chi connectivity index (χ4v) is 6.87. The van der Waals surface area contributed by atoms with Crippen molar-refractivity contribution in [1.82, 2.24) is 4.57 Å². The Labute approximate surface area is 232 Å². The molecule has 40 heavy (non-hydrogen) atoms. The summed E-state index contributed by atoms with van der Waals surface area (Å²) in [5.74, 6) is 0.404. The van der Waals surface area contributed by atoms with Crippen molar-refractivity contribution in [2.45, 2.75) is 5.92 Å². The second kappa shape index (κ2) is 8.18. The zero-order valence-corrected chi connectivity index (χ0v) is 21.9. The van der Waals surface area contributed by atoms with Gasteiger partial charge in [0.2, 0.25) is 0 Å². The molecule has 1 aliphatic carbocycles. The lowest BCUT2D eigenvalue weighted by Gasteiger charge is -2.14. The molecule has 0 radical (unpaired) electrons. The molecule has 7 aromatic carbocycles. The molecule has 1 atom stereocenters. The summed E-state index contributed by atoms with van der Waals surface area (Å²) >= 11 is 0. The van der Waals surface area contributed by atoms with Gasteiger partial charge >= 0.3 is 0 Å². The maximum atomic E-state index is 2.49. The van der Waals surface area contributed by atoms with Crippen LogP contribution in [-0.2, 0) is 0 Å². The summed E-state index contributed by atoms with van der Waals surface area (Å²) in [5, 5.41) is 10.4. The number of fused-ring (bicyclic) bond motifs is 8. The molecule has 1 unspecified atom stereocenters. The third-order valence-corrected chi connectivity index (χ3v) is 8.73. The highest BCUT2D eigenvalue weighted by molar-refractivity contribution is 6.28. The summed E-state index contributed by atoms with van der Waals surface area (Å²) in [6.07, 6.45) is 2.40. The van der Waals surface area contributed by atoms with Crippen LogP contribution in [0.15, 0.2) is 146 Å². The van der Waals surface area contributed by atoms with E-state index in [1.807, 2.05) is 0 Å². The minimum absolute atomic E-state index is 0.404. The van der Waals surface area contributed by atoms with E-state index >= 15 is 0 Å². The van der Waals surface area contributed by atoms with Crippen molar-refractivity contribution < 1.29 is 0 Å². The SMILES string of the molecule is C1=C(c2cccc3c(-n4c5ccc6ccccc6c5c5c6ccccc6ccc54)cccc23)C1c1ccccc1. The minimum atomic E-state index is 0.404. The van der Waals surface area contributed by atoms with Gasteiger partial charge in [0.15, 0.2) is 0 Å². The van der Waals surface area contributed by atoms with Crippen molar-refractivity contribution in [3.05, 3.63) is 157 Å². The Balaban J connectivity index is 1.36. The Morgan fingerprint density at radius 3 is 1.70 bits per heavy atom. The third kappa shape index (κ3) is 3.03. The Hall–Kier alpha value is -5.14. The fourth-order valence-electron chi connectivity index (χ4n) is 6.87. The number of hydrogen-bond acceptors (Lipinski definition) is 0. The van der Waals surface area contributed by atoms with Crippen LogP contribution in [0.5, 0.6) is 0 Å². The number of benzene rings is 7. The highest BCUT2D eigenvalue weighted by atomic mass is 15.0. The van der Waals surface area contributed by atoms with Gasteiger partial charge < -0.3 is 4.57 Å². The molecule has 1 nitrogen and oxygen atoms in total. The van der Waals surface area contributed by atoms with Gasteiger partial charge in [-0.2, -0.15) is 0 Å². The Bertz CT molecular complexity index is 2220. The number of hydrogen-bond donors (Lipinski definition) is 0. The van der Waals surface area contributed by atoms with Gasteiger partial charge in [-0.3, -0.25) is 0 Å². The van der Waals surface area contributed by atoms with Crippen molar-refractivity contribution in [1.29, 1.82) is 0 Å². The van der Waals surface area contributed by atoms with Crippen LogP contribution in [0.3, 0.4) is 0 Å². The predicted octanol–water partition coefficient (Wildman–Crippen LogP) is 10.4. The Morgan fingerprint density at radius 2 is 1.00 bits per heavy atom. The Kier molecular flexibility index (Phi) is 4.45. The van der Waals surface area contributed by atoms with Gasteiger partial charge in [0, 0.05) is 22.1 Å². The van der Waals surface area contributed by atoms with Gasteiger partial charge in [0.1, 0.15) is 0 Å². The summed E-state index contributed by atoms with van der Waals surface area (Å²) in [4.78, 5) is 0. The van der Waals surface area contributed by atoms with Crippen molar-refractivity contribution in [2.75, 3.05) is 0 Å². The highest BCUT2D eigenvalue weighted by Gasteiger charge is 2.29. The molecule has 8 aromatic rings. The molecular formula is C39H25N. The number of aromatic nitrogens is 1. The van der Waals surface area contributed by atoms with Gasteiger partial charge in [0.05, 0.1) is 16.7 Å². The van der Waals surface area contributed by atoms with Gasteiger partial charge in [-0.1, -0.05) is 127 Å². The van der Waals surface area contributed by atoms with E-state index in [2.05, 4.69) is 150 Å². The molecule has 0 N–H and O–H groups in total. The van der Waals surface area contributed by atoms with E-state index in [1.54, 1.807) is 0 Å². The number of allylic oxidation sites excluding steroid dienone is 2. The van der Waals surface area contributed by atoms with Gasteiger partial charge in [-0.15, -0.1) is 0 Å². The van der Waals surface area contributed by atoms with Crippen molar-refractivity contribution in [2.24, 2.45) is 0 Å². The standard InChI is InChI=1S/C39H25N/c1-2-10-25(11-3-1)33-24-34(33)31-16-8-18-32-30(31)17-9-19-35(32)40-36-22-20-26-12-4-6-14-28(26)38(36)39-29-15-7-5-13-27(29)21-23-37(39)40/h1-24,33H. The maximum Gasteiger partial charge on any atom is 0.0548 e. The smallest absolute Gasteiger partial charge is 0.0548 e. The van der Waals surface area contributed by atoms with Crippen LogP contribution >= 0.6 is 0 Å². The lowest BCUT2D eigenvalue weighted by Crippen LogP contribution is -1.96. The second-order valence-corrected chi connectivity index (χ2v) is 10.9. The van der Waals surface area contributed by atoms with E-state index in [-0.39, 0.29) is 0 Å². The second-order valence-electron chi connectivity index (χ2n) is 10.9. The molecule has 0 saturated carbocycles. The molecule has 1 heterocycles. The van der Waals surface area contributed by atoms with Crippen LogP contribution in [0.4, 0.5) is 0 Å². The molecule has 0 spiro atoms. The normalized spacial score (nSPS) is 14.9. The summed E-state index contributed by atoms with van der Waals surface area (Å²) in [6.45, 7) is 0. The van der Waals surface area contributed by atoms with Crippen molar-refractivity contribution in [3.8, 4) is 5.69 Å². The summed E-state index contributed by atoms with van der Waals surface area (Å²) in [7, 11) is 0. The first kappa shape index (κ1) is 21.8. The van der Waals surface area contributed by atoms with Crippen LogP contribution in [0.1, 0.15) is 17.0 Å². The fraction of sp³-hybridized carbons (Fsp3) is 0.0256. The monoisotopic (exact) mass is 507 g/mol. The lowest BCUT2D eigenvalue weighted by atomic mass is 9.97. The van der Waals surface area contributed by atoms with Gasteiger partial charge in [-0.25, -0.2) is 0 Å². The molecule has 1 heteroatoms. The molecule has 1 aromatic heterocycles. The van der Waals surface area contributed by atoms with E-state index in [9.17, 15) is 0 Å². The van der Waals surface area contributed by atoms with Crippen LogP contribution in [0, 0.1) is 0 Å². The molecule has 0 amide bonds. The summed E-state index contributed by atoms with van der Waals surface area (Å²) in [5.41, 5.74) is 7.85. The quantitative estimate of drug-likeness (QED) is 0.224.